The Hall–Kier alpha value is -3.06. The Labute approximate surface area is 155 Å². The van der Waals surface area contributed by atoms with Crippen LogP contribution in [0.15, 0.2) is 54.6 Å². The van der Waals surface area contributed by atoms with Crippen molar-refractivity contribution in [2.24, 2.45) is 0 Å². The van der Waals surface area contributed by atoms with Crippen LogP contribution in [-0.4, -0.2) is 22.0 Å². The number of hydrogen-bond acceptors (Lipinski definition) is 5. The second-order valence-electron chi connectivity index (χ2n) is 5.60. The summed E-state index contributed by atoms with van der Waals surface area (Å²) in [5.74, 6) is -0.331. The molecule has 0 atom stereocenters. The van der Waals surface area contributed by atoms with Crippen LogP contribution in [0.4, 0.5) is 10.8 Å². The average Bonchev–Trinajstić information content (AvgIpc) is 3.09. The molecule has 0 radical (unpaired) electrons. The fraction of sp³-hybridized carbons (Fsp3) is 0.158. The molecule has 0 unspecified atom stereocenters. The number of nitrogens with zero attached hydrogens (tertiary/aromatic N) is 2. The molecule has 0 aliphatic carbocycles. The molecule has 0 bridgehead atoms. The van der Waals surface area contributed by atoms with E-state index in [-0.39, 0.29) is 11.8 Å². The van der Waals surface area contributed by atoms with Crippen molar-refractivity contribution in [1.29, 1.82) is 0 Å². The molecule has 1 heterocycles. The van der Waals surface area contributed by atoms with Crippen LogP contribution < -0.4 is 10.6 Å². The number of benzene rings is 2. The Balaban J connectivity index is 1.60. The first-order valence-electron chi connectivity index (χ1n) is 8.21. The molecule has 26 heavy (non-hydrogen) atoms. The van der Waals surface area contributed by atoms with Gasteiger partial charge in [0, 0.05) is 24.1 Å². The van der Waals surface area contributed by atoms with Crippen molar-refractivity contribution < 1.29 is 9.59 Å². The van der Waals surface area contributed by atoms with Gasteiger partial charge in [-0.05, 0) is 29.8 Å². The molecule has 3 rings (SSSR count). The van der Waals surface area contributed by atoms with Gasteiger partial charge in [-0.1, -0.05) is 48.6 Å². The smallest absolute Gasteiger partial charge is 0.257 e. The highest BCUT2D eigenvalue weighted by Crippen LogP contribution is 2.19. The number of carbonyl (C=O) groups excluding carboxylic acids is 2. The monoisotopic (exact) mass is 366 g/mol. The summed E-state index contributed by atoms with van der Waals surface area (Å²) >= 11 is 1.35. The van der Waals surface area contributed by atoms with E-state index in [2.05, 4.69) is 20.8 Å². The van der Waals surface area contributed by atoms with Gasteiger partial charge in [-0.25, -0.2) is 0 Å². The van der Waals surface area contributed by atoms with E-state index in [1.165, 1.54) is 11.3 Å². The van der Waals surface area contributed by atoms with E-state index in [9.17, 15) is 9.59 Å². The lowest BCUT2D eigenvalue weighted by Gasteiger charge is -2.05. The summed E-state index contributed by atoms with van der Waals surface area (Å²) in [4.78, 5) is 23.7. The lowest BCUT2D eigenvalue weighted by atomic mass is 10.2. The molecule has 0 aliphatic heterocycles. The molecule has 0 fully saturated rings. The molecule has 6 nitrogen and oxygen atoms in total. The van der Waals surface area contributed by atoms with Gasteiger partial charge in [0.25, 0.3) is 5.91 Å². The van der Waals surface area contributed by atoms with Crippen molar-refractivity contribution in [3.63, 3.8) is 0 Å². The van der Waals surface area contributed by atoms with Gasteiger partial charge in [0.15, 0.2) is 0 Å². The number of rotatable bonds is 6. The average molecular weight is 366 g/mol. The third kappa shape index (κ3) is 4.73. The molecule has 3 aromatic rings. The molecular weight excluding hydrogens is 348 g/mol. The van der Waals surface area contributed by atoms with E-state index in [1.54, 1.807) is 31.2 Å². The predicted molar refractivity (Wildman–Crippen MR) is 102 cm³/mol. The molecule has 2 N–H and O–H groups in total. The summed E-state index contributed by atoms with van der Waals surface area (Å²) in [6.07, 6.45) is 1.09. The molecule has 132 valence electrons. The van der Waals surface area contributed by atoms with Crippen LogP contribution in [0.2, 0.25) is 0 Å². The minimum atomic E-state index is -0.263. The highest BCUT2D eigenvalue weighted by molar-refractivity contribution is 7.15. The minimum absolute atomic E-state index is 0.0676. The molecule has 2 amide bonds. The van der Waals surface area contributed by atoms with Crippen LogP contribution in [0, 0.1) is 0 Å². The normalized spacial score (nSPS) is 10.3. The summed E-state index contributed by atoms with van der Waals surface area (Å²) in [6, 6.07) is 16.7. The Morgan fingerprint density at radius 1 is 0.962 bits per heavy atom. The number of anilines is 2. The summed E-state index contributed by atoms with van der Waals surface area (Å²) in [5, 5.41) is 14.9. The van der Waals surface area contributed by atoms with Crippen molar-refractivity contribution in [2.75, 3.05) is 10.6 Å². The van der Waals surface area contributed by atoms with Gasteiger partial charge in [-0.2, -0.15) is 0 Å². The van der Waals surface area contributed by atoms with Gasteiger partial charge in [-0.3, -0.25) is 14.9 Å². The van der Waals surface area contributed by atoms with E-state index in [0.717, 1.165) is 10.6 Å². The zero-order chi connectivity index (χ0) is 18.4. The number of hydrogen-bond donors (Lipinski definition) is 2. The Morgan fingerprint density at radius 3 is 2.38 bits per heavy atom. The van der Waals surface area contributed by atoms with Gasteiger partial charge < -0.3 is 5.32 Å². The highest BCUT2D eigenvalue weighted by Gasteiger charge is 2.11. The zero-order valence-electron chi connectivity index (χ0n) is 14.2. The van der Waals surface area contributed by atoms with Crippen LogP contribution in [0.5, 0.6) is 0 Å². The van der Waals surface area contributed by atoms with Crippen LogP contribution in [0.3, 0.4) is 0 Å². The van der Waals surface area contributed by atoms with Crippen molar-refractivity contribution >= 4 is 34.0 Å². The van der Waals surface area contributed by atoms with Crippen LogP contribution >= 0.6 is 11.3 Å². The number of nitrogens with one attached hydrogen (secondary N) is 2. The lowest BCUT2D eigenvalue weighted by Crippen LogP contribution is -2.12. The van der Waals surface area contributed by atoms with Gasteiger partial charge in [0.1, 0.15) is 5.01 Å². The van der Waals surface area contributed by atoms with Crippen molar-refractivity contribution in [3.05, 3.63) is 70.7 Å². The van der Waals surface area contributed by atoms with E-state index in [0.29, 0.717) is 29.2 Å². The fourth-order valence-corrected chi connectivity index (χ4v) is 3.04. The first-order chi connectivity index (χ1) is 12.6. The third-order valence-corrected chi connectivity index (χ3v) is 4.48. The quantitative estimate of drug-likeness (QED) is 0.696. The second-order valence-corrected chi connectivity index (χ2v) is 6.66. The number of aromatic nitrogens is 2. The van der Waals surface area contributed by atoms with Gasteiger partial charge in [0.2, 0.25) is 11.0 Å². The first kappa shape index (κ1) is 17.8. The SMILES string of the molecule is CCC(=O)Nc1ccc(C(=O)Nc2nnc(Cc3ccccc3)s2)cc1. The van der Waals surface area contributed by atoms with E-state index < -0.39 is 0 Å². The predicted octanol–water partition coefficient (Wildman–Crippen LogP) is 3.73. The molecule has 1 aromatic heterocycles. The molecule has 0 saturated heterocycles. The van der Waals surface area contributed by atoms with Crippen LogP contribution in [0.25, 0.3) is 0 Å². The summed E-state index contributed by atoms with van der Waals surface area (Å²) in [7, 11) is 0. The molecule has 0 saturated carbocycles. The lowest BCUT2D eigenvalue weighted by molar-refractivity contribution is -0.115. The first-order valence-corrected chi connectivity index (χ1v) is 9.03. The topological polar surface area (TPSA) is 84.0 Å². The van der Waals surface area contributed by atoms with Crippen molar-refractivity contribution in [2.45, 2.75) is 19.8 Å². The molecule has 7 heteroatoms. The van der Waals surface area contributed by atoms with Crippen LogP contribution in [-0.2, 0) is 11.2 Å². The molecule has 0 aliphatic rings. The third-order valence-electron chi connectivity index (χ3n) is 3.64. The number of amides is 2. The maximum Gasteiger partial charge on any atom is 0.257 e. The maximum atomic E-state index is 12.3. The largest absolute Gasteiger partial charge is 0.326 e. The van der Waals surface area contributed by atoms with Crippen LogP contribution in [0.1, 0.15) is 34.3 Å². The molecule has 0 spiro atoms. The Kier molecular flexibility index (Phi) is 5.70. The van der Waals surface area contributed by atoms with Crippen molar-refractivity contribution in [3.8, 4) is 0 Å². The Morgan fingerprint density at radius 2 is 1.69 bits per heavy atom. The summed E-state index contributed by atoms with van der Waals surface area (Å²) < 4.78 is 0. The van der Waals surface area contributed by atoms with E-state index >= 15 is 0 Å². The summed E-state index contributed by atoms with van der Waals surface area (Å²) in [5.41, 5.74) is 2.29. The highest BCUT2D eigenvalue weighted by atomic mass is 32.1. The zero-order valence-corrected chi connectivity index (χ0v) is 15.0. The van der Waals surface area contributed by atoms with E-state index in [4.69, 9.17) is 0 Å². The molecule has 2 aromatic carbocycles. The molecular formula is C19H18N4O2S. The van der Waals surface area contributed by atoms with Gasteiger partial charge >= 0.3 is 0 Å². The second kappa shape index (κ2) is 8.35. The van der Waals surface area contributed by atoms with Crippen molar-refractivity contribution in [1.82, 2.24) is 10.2 Å². The van der Waals surface area contributed by atoms with Gasteiger partial charge in [-0.15, -0.1) is 10.2 Å². The fourth-order valence-electron chi connectivity index (χ4n) is 2.27. The minimum Gasteiger partial charge on any atom is -0.326 e. The number of carbonyl (C=O) groups is 2. The van der Waals surface area contributed by atoms with E-state index in [1.807, 2.05) is 30.3 Å². The standard InChI is InChI=1S/C19H18N4O2S/c1-2-16(24)20-15-10-8-14(9-11-15)18(25)21-19-23-22-17(26-19)12-13-6-4-3-5-7-13/h3-11H,2,12H2,1H3,(H,20,24)(H,21,23,25). The van der Waals surface area contributed by atoms with Gasteiger partial charge in [0.05, 0.1) is 0 Å². The Bertz CT molecular complexity index is 891. The summed E-state index contributed by atoms with van der Waals surface area (Å²) in [6.45, 7) is 1.78. The maximum absolute atomic E-state index is 12.3.